The van der Waals surface area contributed by atoms with Crippen LogP contribution in [0, 0.1) is 6.92 Å². The van der Waals surface area contributed by atoms with Gasteiger partial charge in [0.2, 0.25) is 17.6 Å². The van der Waals surface area contributed by atoms with Crippen LogP contribution < -0.4 is 5.32 Å². The van der Waals surface area contributed by atoms with E-state index in [9.17, 15) is 9.59 Å². The Morgan fingerprint density at radius 3 is 2.72 bits per heavy atom. The van der Waals surface area contributed by atoms with Crippen molar-refractivity contribution in [2.75, 3.05) is 26.2 Å². The largest absolute Gasteiger partial charge is 0.347 e. The summed E-state index contributed by atoms with van der Waals surface area (Å²) in [5.74, 6) is 1.77. The molecule has 0 spiro atoms. The lowest BCUT2D eigenvalue weighted by molar-refractivity contribution is -0.134. The Labute approximate surface area is 167 Å². The first kappa shape index (κ1) is 18.2. The maximum absolute atomic E-state index is 12.7. The number of nitrogens with one attached hydrogen (secondary N) is 1. The van der Waals surface area contributed by atoms with Crippen LogP contribution >= 0.6 is 0 Å². The van der Waals surface area contributed by atoms with Crippen molar-refractivity contribution < 1.29 is 14.1 Å². The summed E-state index contributed by atoms with van der Waals surface area (Å²) in [6, 6.07) is 0.190. The summed E-state index contributed by atoms with van der Waals surface area (Å²) < 4.78 is 6.98. The quantitative estimate of drug-likeness (QED) is 0.742. The summed E-state index contributed by atoms with van der Waals surface area (Å²) in [4.78, 5) is 33.5. The fourth-order valence-electron chi connectivity index (χ4n) is 4.19. The molecule has 1 atom stereocenters. The number of piperazine rings is 1. The third-order valence-electron chi connectivity index (χ3n) is 6.05. The number of aromatic nitrogens is 5. The van der Waals surface area contributed by atoms with Gasteiger partial charge in [-0.2, -0.15) is 4.98 Å². The first-order chi connectivity index (χ1) is 14.1. The van der Waals surface area contributed by atoms with Crippen LogP contribution in [0.3, 0.4) is 0 Å². The Balaban J connectivity index is 1.30. The molecule has 2 aromatic rings. The number of nitrogens with zero attached hydrogens (tertiary/aromatic N) is 7. The minimum absolute atomic E-state index is 0.0483. The SMILES string of the molecule is Cc1noc(CC(=O)N2CCN3CCn4c(C(=O)NC5CCC5)nnc4[C@H]3C2)n1. The van der Waals surface area contributed by atoms with Crippen molar-refractivity contribution in [1.29, 1.82) is 0 Å². The third kappa shape index (κ3) is 3.39. The molecule has 3 aliphatic rings. The van der Waals surface area contributed by atoms with Crippen molar-refractivity contribution in [1.82, 2.24) is 40.0 Å². The lowest BCUT2D eigenvalue weighted by Crippen LogP contribution is -2.54. The van der Waals surface area contributed by atoms with Crippen molar-refractivity contribution in [2.45, 2.75) is 51.2 Å². The molecule has 2 aromatic heterocycles. The summed E-state index contributed by atoms with van der Waals surface area (Å²) in [7, 11) is 0. The van der Waals surface area contributed by atoms with Gasteiger partial charge in [-0.3, -0.25) is 14.5 Å². The highest BCUT2D eigenvalue weighted by Gasteiger charge is 2.38. The highest BCUT2D eigenvalue weighted by Crippen LogP contribution is 2.29. The average molecular weight is 400 g/mol. The van der Waals surface area contributed by atoms with E-state index in [1.807, 2.05) is 4.57 Å². The summed E-state index contributed by atoms with van der Waals surface area (Å²) in [5, 5.41) is 15.3. The Kier molecular flexibility index (Phi) is 4.53. The standard InChI is InChI=1S/C18H24N8O3/c1-11-19-14(29-23-11)9-15(27)25-6-5-24-7-8-26-16(13(24)10-25)21-22-17(26)18(28)20-12-3-2-4-12/h12-13H,2-10H2,1H3,(H,20,28)/t13-/m1/s1. The number of rotatable bonds is 4. The number of hydrogen-bond donors (Lipinski definition) is 1. The third-order valence-corrected chi connectivity index (χ3v) is 6.05. The van der Waals surface area contributed by atoms with Crippen LogP contribution in [-0.2, 0) is 17.8 Å². The van der Waals surface area contributed by atoms with Crippen molar-refractivity contribution in [3.05, 3.63) is 23.4 Å². The van der Waals surface area contributed by atoms with Gasteiger partial charge in [-0.1, -0.05) is 5.16 Å². The van der Waals surface area contributed by atoms with Crippen molar-refractivity contribution in [2.24, 2.45) is 0 Å². The van der Waals surface area contributed by atoms with Crippen LogP contribution in [0.25, 0.3) is 0 Å². The Morgan fingerprint density at radius 2 is 2.00 bits per heavy atom. The van der Waals surface area contributed by atoms with Gasteiger partial charge in [-0.05, 0) is 26.2 Å². The second-order valence-corrected chi connectivity index (χ2v) is 7.94. The molecule has 2 aliphatic heterocycles. The second kappa shape index (κ2) is 7.21. The fraction of sp³-hybridized carbons (Fsp3) is 0.667. The highest BCUT2D eigenvalue weighted by atomic mass is 16.5. The molecule has 1 aliphatic carbocycles. The van der Waals surface area contributed by atoms with Gasteiger partial charge in [0.05, 0.1) is 6.04 Å². The maximum Gasteiger partial charge on any atom is 0.289 e. The molecular formula is C18H24N8O3. The van der Waals surface area contributed by atoms with Crippen molar-refractivity contribution in [3.8, 4) is 0 Å². The predicted molar refractivity (Wildman–Crippen MR) is 98.8 cm³/mol. The molecule has 29 heavy (non-hydrogen) atoms. The Hall–Kier alpha value is -2.82. The lowest BCUT2D eigenvalue weighted by atomic mass is 9.93. The molecule has 1 N–H and O–H groups in total. The van der Waals surface area contributed by atoms with E-state index in [4.69, 9.17) is 4.52 Å². The molecular weight excluding hydrogens is 376 g/mol. The summed E-state index contributed by atoms with van der Waals surface area (Å²) >= 11 is 0. The smallest absolute Gasteiger partial charge is 0.289 e. The monoisotopic (exact) mass is 400 g/mol. The number of hydrogen-bond acceptors (Lipinski definition) is 8. The van der Waals surface area contributed by atoms with Gasteiger partial charge in [0.1, 0.15) is 6.42 Å². The molecule has 11 nitrogen and oxygen atoms in total. The van der Waals surface area contributed by atoms with Gasteiger partial charge < -0.3 is 19.3 Å². The topological polar surface area (TPSA) is 122 Å². The molecule has 0 bridgehead atoms. The molecule has 0 unspecified atom stereocenters. The zero-order valence-electron chi connectivity index (χ0n) is 16.4. The zero-order chi connectivity index (χ0) is 20.0. The zero-order valence-corrected chi connectivity index (χ0v) is 16.4. The molecule has 154 valence electrons. The highest BCUT2D eigenvalue weighted by molar-refractivity contribution is 5.91. The van der Waals surface area contributed by atoms with Crippen molar-refractivity contribution >= 4 is 11.8 Å². The number of carbonyl (C=O) groups excluding carboxylic acids is 2. The molecule has 0 aromatic carbocycles. The van der Waals surface area contributed by atoms with Crippen LogP contribution in [0.2, 0.25) is 0 Å². The van der Waals surface area contributed by atoms with E-state index in [1.54, 1.807) is 11.8 Å². The fourth-order valence-corrected chi connectivity index (χ4v) is 4.19. The first-order valence-electron chi connectivity index (χ1n) is 10.1. The van der Waals surface area contributed by atoms with Gasteiger partial charge in [0, 0.05) is 38.8 Å². The molecule has 11 heteroatoms. The second-order valence-electron chi connectivity index (χ2n) is 7.94. The maximum atomic E-state index is 12.7. The number of amides is 2. The number of aryl methyl sites for hydroxylation is 1. The van der Waals surface area contributed by atoms with E-state index >= 15 is 0 Å². The van der Waals surface area contributed by atoms with Crippen LogP contribution in [-0.4, -0.2) is 78.7 Å². The number of fused-ring (bicyclic) bond motifs is 3. The first-order valence-corrected chi connectivity index (χ1v) is 10.1. The van der Waals surface area contributed by atoms with Gasteiger partial charge in [0.25, 0.3) is 5.91 Å². The Morgan fingerprint density at radius 1 is 1.17 bits per heavy atom. The van der Waals surface area contributed by atoms with Gasteiger partial charge in [0.15, 0.2) is 11.6 Å². The number of carbonyl (C=O) groups is 2. The van der Waals surface area contributed by atoms with Crippen LogP contribution in [0.5, 0.6) is 0 Å². The summed E-state index contributed by atoms with van der Waals surface area (Å²) in [5.41, 5.74) is 0. The average Bonchev–Trinajstić information content (AvgIpc) is 3.30. The van der Waals surface area contributed by atoms with E-state index in [2.05, 4.69) is 30.6 Å². The molecule has 1 saturated heterocycles. The lowest BCUT2D eigenvalue weighted by Gasteiger charge is -2.43. The molecule has 1 saturated carbocycles. The normalized spacial score (nSPS) is 22.0. The van der Waals surface area contributed by atoms with Crippen LogP contribution in [0.1, 0.15) is 53.5 Å². The molecule has 4 heterocycles. The van der Waals surface area contributed by atoms with Crippen LogP contribution in [0.4, 0.5) is 0 Å². The van der Waals surface area contributed by atoms with E-state index in [-0.39, 0.29) is 30.3 Å². The minimum Gasteiger partial charge on any atom is -0.347 e. The van der Waals surface area contributed by atoms with Gasteiger partial charge >= 0.3 is 0 Å². The molecule has 2 amide bonds. The minimum atomic E-state index is -0.155. The van der Waals surface area contributed by atoms with E-state index < -0.39 is 0 Å². The van der Waals surface area contributed by atoms with E-state index in [1.165, 1.54) is 0 Å². The summed E-state index contributed by atoms with van der Waals surface area (Å²) in [6.45, 7) is 5.13. The van der Waals surface area contributed by atoms with E-state index in [0.29, 0.717) is 37.2 Å². The molecule has 5 rings (SSSR count). The van der Waals surface area contributed by atoms with E-state index in [0.717, 1.165) is 38.2 Å². The van der Waals surface area contributed by atoms with Gasteiger partial charge in [-0.15, -0.1) is 10.2 Å². The molecule has 0 radical (unpaired) electrons. The van der Waals surface area contributed by atoms with Gasteiger partial charge in [-0.25, -0.2) is 0 Å². The molecule has 2 fully saturated rings. The Bertz CT molecular complexity index is 933. The van der Waals surface area contributed by atoms with Crippen LogP contribution in [0.15, 0.2) is 4.52 Å². The van der Waals surface area contributed by atoms with Crippen molar-refractivity contribution in [3.63, 3.8) is 0 Å². The predicted octanol–water partition coefficient (Wildman–Crippen LogP) is -0.307. The summed E-state index contributed by atoms with van der Waals surface area (Å²) in [6.07, 6.45) is 3.31.